The molecule has 0 aliphatic carbocycles. The number of hydrogen-bond donors (Lipinski definition) is 2. The average molecular weight is 624 g/mol. The van der Waals surface area contributed by atoms with Crippen molar-refractivity contribution in [2.24, 2.45) is 4.99 Å². The molecule has 6 rings (SSSR count). The number of amidine groups is 1. The highest BCUT2D eigenvalue weighted by molar-refractivity contribution is 7.12. The number of nitrogens with zero attached hydrogens (tertiary/aromatic N) is 4. The van der Waals surface area contributed by atoms with E-state index in [4.69, 9.17) is 21.3 Å². The van der Waals surface area contributed by atoms with E-state index in [1.54, 1.807) is 11.0 Å². The molecule has 13 heteroatoms. The summed E-state index contributed by atoms with van der Waals surface area (Å²) in [5, 5.41) is 15.0. The molecule has 0 bridgehead atoms. The van der Waals surface area contributed by atoms with Crippen LogP contribution in [0.25, 0.3) is 0 Å². The molecule has 3 aliphatic heterocycles. The summed E-state index contributed by atoms with van der Waals surface area (Å²) in [4.78, 5) is 48.7. The Morgan fingerprint density at radius 3 is 2.67 bits per heavy atom. The summed E-state index contributed by atoms with van der Waals surface area (Å²) >= 11 is 8.10. The van der Waals surface area contributed by atoms with E-state index in [-0.39, 0.29) is 29.9 Å². The van der Waals surface area contributed by atoms with Gasteiger partial charge in [0.2, 0.25) is 0 Å². The second-order valence-corrected chi connectivity index (χ2v) is 11.7. The molecule has 4 heterocycles. The maximum Gasteiger partial charge on any atom is 0.338 e. The molecule has 0 saturated carbocycles. The number of benzene rings is 2. The number of hydrogen-bond acceptors (Lipinski definition) is 8. The highest BCUT2D eigenvalue weighted by Crippen LogP contribution is 2.37. The highest BCUT2D eigenvalue weighted by atomic mass is 35.5. The van der Waals surface area contributed by atoms with Crippen LogP contribution in [0.5, 0.6) is 0 Å². The number of carboxylic acids is 1. The Morgan fingerprint density at radius 1 is 1.16 bits per heavy atom. The van der Waals surface area contributed by atoms with Crippen molar-refractivity contribution in [3.8, 4) is 0 Å². The molecule has 2 atom stereocenters. The minimum absolute atomic E-state index is 0.0416. The Labute approximate surface area is 255 Å². The van der Waals surface area contributed by atoms with E-state index >= 15 is 0 Å². The number of ether oxygens (including phenoxy) is 1. The maximum atomic E-state index is 14.8. The number of nitrogens with one attached hydrogen (secondary N) is 1. The Kier molecular flexibility index (Phi) is 7.91. The van der Waals surface area contributed by atoms with Crippen molar-refractivity contribution in [2.75, 3.05) is 44.7 Å². The van der Waals surface area contributed by atoms with Gasteiger partial charge in [0.05, 0.1) is 34.9 Å². The third-order valence-corrected chi connectivity index (χ3v) is 9.01. The number of aromatic carboxylic acids is 1. The van der Waals surface area contributed by atoms with Gasteiger partial charge >= 0.3 is 18.0 Å². The fraction of sp³-hybridized carbons (Fsp3) is 0.267. The standard InChI is InChI=1S/C30H27ClFN5O5S/c1-42-29(40)25-22(33-27(24-7-4-12-43-24)34-26(25)19-5-2-3-6-20(19)31)16-35-10-11-36-18(14-35)15-37(30(36)41)23-9-8-17(28(38)39)13-21(23)32/h2-9,12-13,18,26H,10-11,14-16H2,1H3,(H,33,34)(H,38,39)/t18-,26-/m0/s1. The first kappa shape index (κ1) is 28.8. The Morgan fingerprint density at radius 2 is 1.98 bits per heavy atom. The Hall–Kier alpha value is -4.26. The normalized spacial score (nSPS) is 20.5. The van der Waals surface area contributed by atoms with Crippen LogP contribution in [0.3, 0.4) is 0 Å². The molecule has 2 amide bonds. The molecule has 3 aromatic rings. The van der Waals surface area contributed by atoms with Crippen LogP contribution in [0.4, 0.5) is 14.9 Å². The second kappa shape index (κ2) is 11.8. The van der Waals surface area contributed by atoms with Gasteiger partial charge in [0.15, 0.2) is 0 Å². The zero-order chi connectivity index (χ0) is 30.2. The lowest BCUT2D eigenvalue weighted by atomic mass is 9.95. The van der Waals surface area contributed by atoms with Crippen molar-refractivity contribution in [1.82, 2.24) is 15.1 Å². The number of fused-ring (bicyclic) bond motifs is 1. The summed E-state index contributed by atoms with van der Waals surface area (Å²) in [6, 6.07) is 13.4. The molecule has 10 nitrogen and oxygen atoms in total. The van der Waals surface area contributed by atoms with E-state index < -0.39 is 23.8 Å². The summed E-state index contributed by atoms with van der Waals surface area (Å²) in [5.74, 6) is -1.92. The smallest absolute Gasteiger partial charge is 0.338 e. The van der Waals surface area contributed by atoms with Crippen LogP contribution in [-0.2, 0) is 9.53 Å². The monoisotopic (exact) mass is 623 g/mol. The summed E-state index contributed by atoms with van der Waals surface area (Å²) in [6.07, 6.45) is 0. The highest BCUT2D eigenvalue weighted by Gasteiger charge is 2.43. The summed E-state index contributed by atoms with van der Waals surface area (Å²) in [6.45, 7) is 1.96. The van der Waals surface area contributed by atoms with Gasteiger partial charge in [-0.05, 0) is 35.7 Å². The van der Waals surface area contributed by atoms with Gasteiger partial charge in [0.1, 0.15) is 17.7 Å². The van der Waals surface area contributed by atoms with Crippen molar-refractivity contribution < 1.29 is 28.6 Å². The minimum Gasteiger partial charge on any atom is -0.478 e. The van der Waals surface area contributed by atoms with Gasteiger partial charge in [-0.2, -0.15) is 0 Å². The molecule has 2 fully saturated rings. The van der Waals surface area contributed by atoms with Gasteiger partial charge in [-0.25, -0.2) is 18.8 Å². The second-order valence-electron chi connectivity index (χ2n) is 10.3. The first-order chi connectivity index (χ1) is 20.7. The predicted octanol–water partition coefficient (Wildman–Crippen LogP) is 4.38. The maximum absolute atomic E-state index is 14.8. The van der Waals surface area contributed by atoms with Crippen molar-refractivity contribution >= 4 is 52.4 Å². The molecule has 222 valence electrons. The molecule has 0 unspecified atom stereocenters. The number of carbonyl (C=O) groups excluding carboxylic acids is 2. The molecule has 0 radical (unpaired) electrons. The van der Waals surface area contributed by atoms with E-state index in [0.717, 1.165) is 10.9 Å². The zero-order valence-electron chi connectivity index (χ0n) is 23.0. The van der Waals surface area contributed by atoms with Gasteiger partial charge in [-0.3, -0.25) is 14.8 Å². The van der Waals surface area contributed by atoms with Crippen molar-refractivity contribution in [3.63, 3.8) is 0 Å². The first-order valence-corrected chi connectivity index (χ1v) is 14.8. The van der Waals surface area contributed by atoms with Crippen LogP contribution in [-0.4, -0.2) is 84.6 Å². The van der Waals surface area contributed by atoms with E-state index in [0.29, 0.717) is 53.9 Å². The van der Waals surface area contributed by atoms with Gasteiger partial charge in [0.25, 0.3) is 0 Å². The Balaban J connectivity index is 1.28. The lowest BCUT2D eigenvalue weighted by Crippen LogP contribution is -2.53. The number of amides is 2. The number of thiophene rings is 1. The molecule has 2 N–H and O–H groups in total. The number of methoxy groups -OCH3 is 1. The fourth-order valence-corrected chi connectivity index (χ4v) is 6.65. The molecule has 43 heavy (non-hydrogen) atoms. The largest absolute Gasteiger partial charge is 0.478 e. The van der Waals surface area contributed by atoms with E-state index in [1.165, 1.54) is 35.5 Å². The van der Waals surface area contributed by atoms with Crippen molar-refractivity contribution in [3.05, 3.63) is 98.1 Å². The number of urea groups is 1. The van der Waals surface area contributed by atoms with Crippen molar-refractivity contribution in [1.29, 1.82) is 0 Å². The number of piperazine rings is 1. The number of halogens is 2. The predicted molar refractivity (Wildman–Crippen MR) is 160 cm³/mol. The van der Waals surface area contributed by atoms with Crippen molar-refractivity contribution in [2.45, 2.75) is 12.1 Å². The van der Waals surface area contributed by atoms with Gasteiger partial charge in [-0.1, -0.05) is 35.9 Å². The summed E-state index contributed by atoms with van der Waals surface area (Å²) in [7, 11) is 1.33. The van der Waals surface area contributed by atoms with Gasteiger partial charge < -0.3 is 20.1 Å². The van der Waals surface area contributed by atoms with Gasteiger partial charge in [0, 0.05) is 49.0 Å². The third-order valence-electron chi connectivity index (χ3n) is 7.79. The van der Waals surface area contributed by atoms with Crippen LogP contribution >= 0.6 is 22.9 Å². The number of anilines is 1. The molecule has 2 saturated heterocycles. The van der Waals surface area contributed by atoms with Crippen LogP contribution in [0.1, 0.15) is 26.8 Å². The number of carbonyl (C=O) groups is 3. The zero-order valence-corrected chi connectivity index (χ0v) is 24.6. The molecular formula is C30H27ClFN5O5S. The molecule has 1 aromatic heterocycles. The van der Waals surface area contributed by atoms with Crippen LogP contribution in [0.2, 0.25) is 5.02 Å². The third kappa shape index (κ3) is 5.49. The molecule has 3 aliphatic rings. The number of esters is 1. The molecule has 0 spiro atoms. The average Bonchev–Trinajstić information content (AvgIpc) is 3.65. The van der Waals surface area contributed by atoms with E-state index in [2.05, 4.69) is 10.2 Å². The van der Waals surface area contributed by atoms with Crippen LogP contribution in [0, 0.1) is 5.82 Å². The van der Waals surface area contributed by atoms with Crippen LogP contribution in [0.15, 0.2) is 76.2 Å². The number of rotatable bonds is 7. The fourth-order valence-electron chi connectivity index (χ4n) is 5.73. The quantitative estimate of drug-likeness (QED) is 0.375. The summed E-state index contributed by atoms with van der Waals surface area (Å²) < 4.78 is 20.1. The van der Waals surface area contributed by atoms with E-state index in [1.807, 2.05) is 35.7 Å². The molecule has 2 aromatic carbocycles. The Bertz CT molecular complexity index is 1660. The molecular weight excluding hydrogens is 597 g/mol. The number of carboxylic acid groups (broad SMARTS) is 1. The topological polar surface area (TPSA) is 115 Å². The minimum atomic E-state index is -1.24. The summed E-state index contributed by atoms with van der Waals surface area (Å²) in [5.41, 5.74) is 1.51. The lowest BCUT2D eigenvalue weighted by Gasteiger charge is -2.38. The first-order valence-electron chi connectivity index (χ1n) is 13.5. The van der Waals surface area contributed by atoms with Gasteiger partial charge in [-0.15, -0.1) is 11.3 Å². The van der Waals surface area contributed by atoms with E-state index in [9.17, 15) is 23.9 Å². The SMILES string of the molecule is COC(=O)C1=C(CN2CCN3C(=O)N(c4ccc(C(=O)O)cc4F)C[C@@H]3C2)NC(c2cccs2)=N[C@H]1c1ccccc1Cl. The lowest BCUT2D eigenvalue weighted by molar-refractivity contribution is -0.136. The van der Waals surface area contributed by atoms with Crippen LogP contribution < -0.4 is 10.2 Å². The number of aliphatic imine (C=N–C) groups is 1.